The van der Waals surface area contributed by atoms with Gasteiger partial charge in [0.1, 0.15) is 18.2 Å². The van der Waals surface area contributed by atoms with Crippen LogP contribution < -0.4 is 27.5 Å². The van der Waals surface area contributed by atoms with Gasteiger partial charge < -0.3 is 22.5 Å². The number of anilines is 1. The summed E-state index contributed by atoms with van der Waals surface area (Å²) in [4.78, 5) is 8.36. The maximum Gasteiger partial charge on any atom is 0.287 e. The van der Waals surface area contributed by atoms with Gasteiger partial charge in [-0.15, -0.1) is 5.01 Å². The van der Waals surface area contributed by atoms with Crippen molar-refractivity contribution in [1.29, 1.82) is 0 Å². The number of methoxy groups -OCH3 is 1. The molecule has 0 saturated carbocycles. The number of ether oxygens (including phenoxy) is 1. The second-order valence-electron chi connectivity index (χ2n) is 3.74. The summed E-state index contributed by atoms with van der Waals surface area (Å²) in [5.41, 5.74) is 0.836. The monoisotopic (exact) mass is 277 g/mol. The van der Waals surface area contributed by atoms with Gasteiger partial charge in [0.25, 0.3) is 11.8 Å². The van der Waals surface area contributed by atoms with Crippen molar-refractivity contribution >= 4 is 23.7 Å². The van der Waals surface area contributed by atoms with E-state index in [1.165, 1.54) is 0 Å². The molecule has 2 N–H and O–H groups in total. The molecule has 1 atom stereocenters. The first-order chi connectivity index (χ1) is 8.86. The largest absolute Gasteiger partial charge is 1.00 e. The van der Waals surface area contributed by atoms with E-state index in [1.807, 2.05) is 30.5 Å². The summed E-state index contributed by atoms with van der Waals surface area (Å²) in [6.07, 6.45) is 5.22. The molecule has 98 valence electrons. The summed E-state index contributed by atoms with van der Waals surface area (Å²) < 4.78 is 5.26. The predicted molar refractivity (Wildman–Crippen MR) is 70.1 cm³/mol. The fourth-order valence-electron chi connectivity index (χ4n) is 1.74. The Kier molecular flexibility index (Phi) is 3.94. The minimum atomic E-state index is 0. The van der Waals surface area contributed by atoms with E-state index in [9.17, 15) is 0 Å². The number of fused-ring (bicyclic) bond motifs is 1. The summed E-state index contributed by atoms with van der Waals surface area (Å²) in [6, 6.07) is 7.63. The van der Waals surface area contributed by atoms with Crippen molar-refractivity contribution in [3.8, 4) is 5.75 Å². The number of guanidine groups is 1. The first-order valence-electron chi connectivity index (χ1n) is 5.51. The molecule has 0 saturated heterocycles. The third-order valence-electron chi connectivity index (χ3n) is 2.58. The quantitative estimate of drug-likeness (QED) is 0.615. The van der Waals surface area contributed by atoms with Crippen LogP contribution in [-0.4, -0.2) is 25.1 Å². The number of benzene rings is 1. The normalized spacial score (nSPS) is 19.1. The van der Waals surface area contributed by atoms with Crippen LogP contribution in [0.15, 0.2) is 51.8 Å². The summed E-state index contributed by atoms with van der Waals surface area (Å²) in [7, 11) is 1.63. The number of nitrogens with zero attached hydrogens (tertiary/aromatic N) is 3. The molecule has 2 aliphatic rings. The van der Waals surface area contributed by atoms with E-state index >= 15 is 0 Å². The standard InChI is InChI=1S/C12H11N5O.ClH/c1-18-10-5-3-2-4-9(10)14-12-15-11-8-13-6-7-17(11)16-12;/h2-8H,1H3,(H,14,16);1H. The van der Waals surface area contributed by atoms with Crippen LogP contribution in [0.25, 0.3) is 0 Å². The van der Waals surface area contributed by atoms with Gasteiger partial charge in [0, 0.05) is 0 Å². The average molecular weight is 278 g/mol. The van der Waals surface area contributed by atoms with Gasteiger partial charge in [0.05, 0.1) is 19.0 Å². The van der Waals surface area contributed by atoms with Crippen molar-refractivity contribution in [1.82, 2.24) is 0 Å². The predicted octanol–water partition coefficient (Wildman–Crippen LogP) is -2.77. The molecule has 2 heterocycles. The van der Waals surface area contributed by atoms with Crippen LogP contribution >= 0.6 is 0 Å². The lowest BCUT2D eigenvalue weighted by Gasteiger charge is -2.07. The topological polar surface area (TPSA) is 62.8 Å². The molecule has 1 aromatic rings. The van der Waals surface area contributed by atoms with Crippen molar-refractivity contribution < 1.29 is 22.2 Å². The summed E-state index contributed by atoms with van der Waals surface area (Å²) in [6.45, 7) is 0. The van der Waals surface area contributed by atoms with Gasteiger partial charge in [0.15, 0.2) is 0 Å². The Labute approximate surface area is 116 Å². The zero-order valence-electron chi connectivity index (χ0n) is 10.2. The highest BCUT2D eigenvalue weighted by atomic mass is 35.5. The molecule has 0 bridgehead atoms. The van der Waals surface area contributed by atoms with E-state index < -0.39 is 0 Å². The fraction of sp³-hybridized carbons (Fsp3) is 0.0833. The molecule has 19 heavy (non-hydrogen) atoms. The van der Waals surface area contributed by atoms with Crippen LogP contribution in [0.3, 0.4) is 0 Å². The highest BCUT2D eigenvalue weighted by Gasteiger charge is 2.24. The number of hydrogen-bond donors (Lipinski definition) is 2. The lowest BCUT2D eigenvalue weighted by atomic mass is 10.3. The van der Waals surface area contributed by atoms with E-state index in [0.29, 0.717) is 5.96 Å². The molecule has 0 aromatic heterocycles. The Balaban J connectivity index is 0.00000133. The van der Waals surface area contributed by atoms with E-state index in [2.05, 4.69) is 20.4 Å². The first-order valence-corrected chi connectivity index (χ1v) is 5.51. The zero-order valence-corrected chi connectivity index (χ0v) is 10.9. The molecule has 7 heteroatoms. The van der Waals surface area contributed by atoms with Crippen LogP contribution in [0, 0.1) is 0 Å². The molecule has 2 aliphatic heterocycles. The number of para-hydroxylation sites is 2. The molecule has 0 amide bonds. The summed E-state index contributed by atoms with van der Waals surface area (Å²) >= 11 is 0. The van der Waals surface area contributed by atoms with Crippen LogP contribution in [0.1, 0.15) is 0 Å². The second kappa shape index (κ2) is 5.64. The number of amidine groups is 1. The van der Waals surface area contributed by atoms with Crippen molar-refractivity contribution in [3.05, 3.63) is 36.7 Å². The van der Waals surface area contributed by atoms with Crippen LogP contribution in [0.5, 0.6) is 5.75 Å². The third kappa shape index (κ3) is 2.64. The molecule has 6 nitrogen and oxygen atoms in total. The van der Waals surface area contributed by atoms with Crippen LogP contribution in [0.2, 0.25) is 0 Å². The highest BCUT2D eigenvalue weighted by molar-refractivity contribution is 6.29. The molecule has 1 aromatic carbocycles. The number of hydrogen-bond acceptors (Lipinski definition) is 5. The molecular formula is C12H12ClN5O. The Morgan fingerprint density at radius 3 is 2.89 bits per heavy atom. The van der Waals surface area contributed by atoms with Gasteiger partial charge in [-0.1, -0.05) is 12.1 Å². The Bertz CT molecular complexity index is 594. The van der Waals surface area contributed by atoms with Crippen LogP contribution in [-0.2, 0) is 0 Å². The van der Waals surface area contributed by atoms with Gasteiger partial charge in [-0.05, 0) is 17.2 Å². The smallest absolute Gasteiger partial charge is 0.287 e. The van der Waals surface area contributed by atoms with Gasteiger partial charge >= 0.3 is 0 Å². The lowest BCUT2D eigenvalue weighted by Crippen LogP contribution is -3.05. The van der Waals surface area contributed by atoms with E-state index in [0.717, 1.165) is 22.3 Å². The SMILES string of the molecule is COc1ccccc1NC1=N[NH+]2C=CN=CC2=N1.[Cl-]. The van der Waals surface area contributed by atoms with Gasteiger partial charge in [-0.2, -0.15) is 4.99 Å². The minimum absolute atomic E-state index is 0. The maximum atomic E-state index is 5.26. The molecule has 1 unspecified atom stereocenters. The zero-order chi connectivity index (χ0) is 12.4. The number of quaternary nitrogens is 1. The summed E-state index contributed by atoms with van der Waals surface area (Å²) in [5.74, 6) is 2.07. The third-order valence-corrected chi connectivity index (χ3v) is 2.58. The van der Waals surface area contributed by atoms with Crippen LogP contribution in [0.4, 0.5) is 5.69 Å². The number of halogens is 1. The molecule has 0 spiro atoms. The average Bonchev–Trinajstić information content (AvgIpc) is 2.81. The van der Waals surface area contributed by atoms with E-state index in [-0.39, 0.29) is 12.4 Å². The molecule has 3 rings (SSSR count). The Morgan fingerprint density at radius 2 is 2.11 bits per heavy atom. The van der Waals surface area contributed by atoms with Crippen molar-refractivity contribution in [2.75, 3.05) is 12.4 Å². The van der Waals surface area contributed by atoms with Gasteiger partial charge in [0.2, 0.25) is 0 Å². The first kappa shape index (κ1) is 13.3. The van der Waals surface area contributed by atoms with Crippen molar-refractivity contribution in [2.24, 2.45) is 15.1 Å². The number of aliphatic imine (C=N–C) groups is 2. The van der Waals surface area contributed by atoms with Gasteiger partial charge in [-0.25, -0.2) is 0 Å². The van der Waals surface area contributed by atoms with E-state index in [4.69, 9.17) is 4.74 Å². The highest BCUT2D eigenvalue weighted by Crippen LogP contribution is 2.23. The lowest BCUT2D eigenvalue weighted by molar-refractivity contribution is -0.748. The maximum absolute atomic E-state index is 5.26. The fourth-order valence-corrected chi connectivity index (χ4v) is 1.74. The molecular weight excluding hydrogens is 266 g/mol. The Morgan fingerprint density at radius 1 is 1.26 bits per heavy atom. The summed E-state index contributed by atoms with van der Waals surface area (Å²) in [5, 5.41) is 8.33. The molecule has 0 aliphatic carbocycles. The van der Waals surface area contributed by atoms with Gasteiger partial charge in [-0.3, -0.25) is 4.99 Å². The Hall–Kier alpha value is -2.18. The number of nitrogens with one attached hydrogen (secondary N) is 2. The van der Waals surface area contributed by atoms with Crippen molar-refractivity contribution in [2.45, 2.75) is 0 Å². The van der Waals surface area contributed by atoms with E-state index in [1.54, 1.807) is 19.5 Å². The minimum Gasteiger partial charge on any atom is -1.00 e. The second-order valence-corrected chi connectivity index (χ2v) is 3.74. The molecule has 0 fully saturated rings. The number of rotatable bonds is 2. The van der Waals surface area contributed by atoms with Crippen molar-refractivity contribution in [3.63, 3.8) is 0 Å². The molecule has 0 radical (unpaired) electrons.